The molecule has 9 heteroatoms. The molecule has 0 spiro atoms. The van der Waals surface area contributed by atoms with Crippen molar-refractivity contribution in [2.75, 3.05) is 40.5 Å². The van der Waals surface area contributed by atoms with Crippen LogP contribution in [0.15, 0.2) is 21.3 Å². The maximum atomic E-state index is 13.5. The number of ether oxygens (including phenoxy) is 3. The number of hydrogen-bond acceptors (Lipinski definition) is 8. The Morgan fingerprint density at radius 1 is 1.03 bits per heavy atom. The molecule has 0 bridgehead atoms. The molecule has 1 aromatic carbocycles. The fourth-order valence-electron chi connectivity index (χ4n) is 3.58. The highest BCUT2D eigenvalue weighted by Gasteiger charge is 2.20. The summed E-state index contributed by atoms with van der Waals surface area (Å²) in [6.45, 7) is 7.40. The minimum atomic E-state index is -0.169. The van der Waals surface area contributed by atoms with Crippen molar-refractivity contribution in [3.63, 3.8) is 0 Å². The Kier molecular flexibility index (Phi) is 5.74. The summed E-state index contributed by atoms with van der Waals surface area (Å²) in [6.07, 6.45) is 0. The van der Waals surface area contributed by atoms with Crippen molar-refractivity contribution in [2.24, 2.45) is 0 Å². The molecule has 30 heavy (non-hydrogen) atoms. The highest BCUT2D eigenvalue weighted by Crippen LogP contribution is 2.30. The zero-order valence-corrected chi connectivity index (χ0v) is 17.7. The number of aromatic nitrogens is 3. The molecule has 160 valence electrons. The van der Waals surface area contributed by atoms with E-state index in [0.29, 0.717) is 53.9 Å². The van der Waals surface area contributed by atoms with E-state index in [-0.39, 0.29) is 12.1 Å². The number of fused-ring (bicyclic) bond motifs is 1. The van der Waals surface area contributed by atoms with E-state index in [0.717, 1.165) is 24.5 Å². The van der Waals surface area contributed by atoms with Gasteiger partial charge in [0, 0.05) is 19.2 Å². The van der Waals surface area contributed by atoms with Gasteiger partial charge in [-0.05, 0) is 19.9 Å². The van der Waals surface area contributed by atoms with Crippen LogP contribution in [0.3, 0.4) is 0 Å². The van der Waals surface area contributed by atoms with Gasteiger partial charge in [0.2, 0.25) is 5.89 Å². The molecule has 4 rings (SSSR count). The predicted molar refractivity (Wildman–Crippen MR) is 110 cm³/mol. The molecular weight excluding hydrogens is 388 g/mol. The summed E-state index contributed by atoms with van der Waals surface area (Å²) in [6, 6.07) is 3.41. The SMILES string of the molecule is COc1cc2nc(CN3CCOCC3)n(Cc3nc(C)c(C)o3)c(=O)c2cc1OC. The lowest BCUT2D eigenvalue weighted by atomic mass is 10.2. The van der Waals surface area contributed by atoms with Crippen molar-refractivity contribution in [1.82, 2.24) is 19.4 Å². The van der Waals surface area contributed by atoms with Crippen molar-refractivity contribution < 1.29 is 18.6 Å². The summed E-state index contributed by atoms with van der Waals surface area (Å²) in [4.78, 5) is 24.9. The van der Waals surface area contributed by atoms with Gasteiger partial charge in [-0.25, -0.2) is 9.97 Å². The van der Waals surface area contributed by atoms with Gasteiger partial charge in [0.05, 0.1) is 50.6 Å². The molecule has 0 saturated carbocycles. The van der Waals surface area contributed by atoms with E-state index in [1.807, 2.05) is 13.8 Å². The van der Waals surface area contributed by atoms with Gasteiger partial charge >= 0.3 is 0 Å². The second-order valence-electron chi connectivity index (χ2n) is 7.28. The predicted octanol–water partition coefficient (Wildman–Crippen LogP) is 1.90. The van der Waals surface area contributed by atoms with E-state index >= 15 is 0 Å². The van der Waals surface area contributed by atoms with Crippen molar-refractivity contribution in [3.05, 3.63) is 45.7 Å². The standard InChI is InChI=1S/C21H26N4O5/c1-13-14(2)30-20(22-13)12-25-19(11-24-5-7-29-8-6-24)23-16-10-18(28-4)17(27-3)9-15(16)21(25)26/h9-10H,5-8,11-12H2,1-4H3. The molecule has 0 radical (unpaired) electrons. The van der Waals surface area contributed by atoms with Crippen molar-refractivity contribution >= 4 is 10.9 Å². The third-order valence-electron chi connectivity index (χ3n) is 5.37. The number of rotatable bonds is 6. The molecular formula is C21H26N4O5. The van der Waals surface area contributed by atoms with Crippen LogP contribution in [-0.4, -0.2) is 60.0 Å². The maximum absolute atomic E-state index is 13.5. The van der Waals surface area contributed by atoms with Gasteiger partial charge in [0.25, 0.3) is 5.56 Å². The van der Waals surface area contributed by atoms with Gasteiger partial charge in [-0.15, -0.1) is 0 Å². The second-order valence-corrected chi connectivity index (χ2v) is 7.28. The summed E-state index contributed by atoms with van der Waals surface area (Å²) in [5, 5.41) is 0.457. The molecule has 3 heterocycles. The molecule has 0 amide bonds. The van der Waals surface area contributed by atoms with Crippen molar-refractivity contribution in [1.29, 1.82) is 0 Å². The van der Waals surface area contributed by atoms with E-state index in [2.05, 4.69) is 9.88 Å². The largest absolute Gasteiger partial charge is 0.493 e. The van der Waals surface area contributed by atoms with Gasteiger partial charge in [0.15, 0.2) is 11.5 Å². The average molecular weight is 414 g/mol. The number of morpholine rings is 1. The molecule has 1 fully saturated rings. The van der Waals surface area contributed by atoms with Crippen molar-refractivity contribution in [2.45, 2.75) is 26.9 Å². The van der Waals surface area contributed by atoms with Gasteiger partial charge in [0.1, 0.15) is 18.1 Å². The first kappa shape index (κ1) is 20.4. The Morgan fingerprint density at radius 3 is 2.37 bits per heavy atom. The number of methoxy groups -OCH3 is 2. The third-order valence-corrected chi connectivity index (χ3v) is 5.37. The van der Waals surface area contributed by atoms with E-state index in [1.165, 1.54) is 0 Å². The monoisotopic (exact) mass is 414 g/mol. The summed E-state index contributed by atoms with van der Waals surface area (Å²) in [5.74, 6) is 2.89. The molecule has 3 aromatic rings. The van der Waals surface area contributed by atoms with Crippen LogP contribution in [0.25, 0.3) is 10.9 Å². The summed E-state index contributed by atoms with van der Waals surface area (Å²) < 4.78 is 23.6. The van der Waals surface area contributed by atoms with Gasteiger partial charge < -0.3 is 18.6 Å². The number of hydrogen-bond donors (Lipinski definition) is 0. The van der Waals surface area contributed by atoms with Crippen LogP contribution in [-0.2, 0) is 17.8 Å². The van der Waals surface area contributed by atoms with E-state index in [4.69, 9.17) is 23.6 Å². The fourth-order valence-corrected chi connectivity index (χ4v) is 3.58. The first-order valence-electron chi connectivity index (χ1n) is 9.88. The molecule has 0 aliphatic carbocycles. The minimum Gasteiger partial charge on any atom is -0.493 e. The average Bonchev–Trinajstić information content (AvgIpc) is 3.07. The normalized spacial score (nSPS) is 14.9. The molecule has 1 aliphatic heterocycles. The number of oxazole rings is 1. The van der Waals surface area contributed by atoms with E-state index in [1.54, 1.807) is 30.9 Å². The van der Waals surface area contributed by atoms with Crippen LogP contribution in [0.2, 0.25) is 0 Å². The van der Waals surface area contributed by atoms with Crippen molar-refractivity contribution in [3.8, 4) is 11.5 Å². The Balaban J connectivity index is 1.84. The van der Waals surface area contributed by atoms with Crippen LogP contribution in [0.4, 0.5) is 0 Å². The van der Waals surface area contributed by atoms with Gasteiger partial charge in [-0.3, -0.25) is 14.3 Å². The number of aryl methyl sites for hydroxylation is 2. The minimum absolute atomic E-state index is 0.169. The van der Waals surface area contributed by atoms with Crippen LogP contribution >= 0.6 is 0 Å². The highest BCUT2D eigenvalue weighted by atomic mass is 16.5. The highest BCUT2D eigenvalue weighted by molar-refractivity contribution is 5.82. The lowest BCUT2D eigenvalue weighted by Gasteiger charge is -2.27. The number of benzene rings is 1. The smallest absolute Gasteiger partial charge is 0.262 e. The fraction of sp³-hybridized carbons (Fsp3) is 0.476. The molecule has 1 aliphatic rings. The molecule has 9 nitrogen and oxygen atoms in total. The lowest BCUT2D eigenvalue weighted by molar-refractivity contribution is 0.0324. The number of nitrogens with zero attached hydrogens (tertiary/aromatic N) is 4. The quantitative estimate of drug-likeness (QED) is 0.604. The van der Waals surface area contributed by atoms with E-state index in [9.17, 15) is 4.79 Å². The molecule has 0 unspecified atom stereocenters. The summed E-state index contributed by atoms with van der Waals surface area (Å²) >= 11 is 0. The Labute approximate surface area is 174 Å². The molecule has 2 aromatic heterocycles. The second kappa shape index (κ2) is 8.45. The van der Waals surface area contributed by atoms with E-state index < -0.39 is 0 Å². The topological polar surface area (TPSA) is 91.9 Å². The molecule has 0 atom stereocenters. The molecule has 1 saturated heterocycles. The Morgan fingerprint density at radius 2 is 1.73 bits per heavy atom. The Bertz CT molecular complexity index is 1100. The van der Waals surface area contributed by atoms with Crippen LogP contribution in [0.1, 0.15) is 23.2 Å². The summed E-state index contributed by atoms with van der Waals surface area (Å²) in [5.41, 5.74) is 1.21. The van der Waals surface area contributed by atoms with Crippen LogP contribution in [0.5, 0.6) is 11.5 Å². The maximum Gasteiger partial charge on any atom is 0.262 e. The summed E-state index contributed by atoms with van der Waals surface area (Å²) in [7, 11) is 3.10. The van der Waals surface area contributed by atoms with Crippen LogP contribution < -0.4 is 15.0 Å². The van der Waals surface area contributed by atoms with Gasteiger partial charge in [-0.1, -0.05) is 0 Å². The lowest BCUT2D eigenvalue weighted by Crippen LogP contribution is -2.38. The van der Waals surface area contributed by atoms with Crippen LogP contribution in [0, 0.1) is 13.8 Å². The molecule has 0 N–H and O–H groups in total. The third kappa shape index (κ3) is 3.90. The first-order chi connectivity index (χ1) is 14.5. The Hall–Kier alpha value is -2.91. The zero-order valence-electron chi connectivity index (χ0n) is 17.7. The van der Waals surface area contributed by atoms with Gasteiger partial charge in [-0.2, -0.15) is 0 Å². The first-order valence-corrected chi connectivity index (χ1v) is 9.88. The zero-order chi connectivity index (χ0) is 21.3.